The number of rotatable bonds is 4. The summed E-state index contributed by atoms with van der Waals surface area (Å²) < 4.78 is 0. The molecule has 0 aromatic rings. The predicted molar refractivity (Wildman–Crippen MR) is 52.2 cm³/mol. The van der Waals surface area contributed by atoms with Crippen LogP contribution in [0.1, 0.15) is 20.3 Å². The van der Waals surface area contributed by atoms with Crippen molar-refractivity contribution in [3.63, 3.8) is 0 Å². The number of hydrogen-bond donors (Lipinski definition) is 4. The summed E-state index contributed by atoms with van der Waals surface area (Å²) in [6.07, 6.45) is 2.12. The number of hydrogen-bond acceptors (Lipinski definition) is 4. The summed E-state index contributed by atoms with van der Waals surface area (Å²) >= 11 is 0. The van der Waals surface area contributed by atoms with Gasteiger partial charge in [-0.1, -0.05) is 19.9 Å². The van der Waals surface area contributed by atoms with Crippen LogP contribution in [0.3, 0.4) is 0 Å². The molecule has 0 spiro atoms. The number of nitrogens with two attached hydrogens (primary N) is 2. The summed E-state index contributed by atoms with van der Waals surface area (Å²) in [7, 11) is 0. The van der Waals surface area contributed by atoms with Gasteiger partial charge in [0.2, 0.25) is 0 Å². The van der Waals surface area contributed by atoms with Gasteiger partial charge in [-0.2, -0.15) is 0 Å². The maximum Gasteiger partial charge on any atom is 0.270 e. The molecule has 80 valence electrons. The molecule has 0 aromatic heterocycles. The Kier molecular flexibility index (Phi) is 5.50. The molecular formula is C8H16N4O2. The van der Waals surface area contributed by atoms with Crippen LogP contribution in [-0.4, -0.2) is 11.8 Å². The summed E-state index contributed by atoms with van der Waals surface area (Å²) in [5, 5.41) is 0. The molecule has 0 aromatic carbocycles. The fraction of sp³-hybridized carbons (Fsp3) is 0.500. The van der Waals surface area contributed by atoms with E-state index < -0.39 is 11.8 Å². The van der Waals surface area contributed by atoms with Crippen molar-refractivity contribution in [1.82, 2.24) is 10.9 Å². The van der Waals surface area contributed by atoms with Crippen molar-refractivity contribution in [3.8, 4) is 0 Å². The molecule has 14 heavy (non-hydrogen) atoms. The lowest BCUT2D eigenvalue weighted by atomic mass is 10.1. The van der Waals surface area contributed by atoms with Gasteiger partial charge < -0.3 is 0 Å². The molecule has 0 radical (unpaired) electrons. The number of amides is 2. The minimum absolute atomic E-state index is 0.0660. The van der Waals surface area contributed by atoms with E-state index in [-0.39, 0.29) is 5.57 Å². The lowest BCUT2D eigenvalue weighted by molar-refractivity contribution is -0.123. The summed E-state index contributed by atoms with van der Waals surface area (Å²) in [4.78, 5) is 22.2. The Morgan fingerprint density at radius 1 is 1.21 bits per heavy atom. The summed E-state index contributed by atoms with van der Waals surface area (Å²) in [6, 6.07) is 0. The van der Waals surface area contributed by atoms with E-state index in [2.05, 4.69) is 0 Å². The normalized spacial score (nSPS) is 9.50. The fourth-order valence-electron chi connectivity index (χ4n) is 0.798. The number of carbonyl (C=O) groups is 2. The zero-order valence-electron chi connectivity index (χ0n) is 8.33. The van der Waals surface area contributed by atoms with Gasteiger partial charge in [0.05, 0.1) is 0 Å². The summed E-state index contributed by atoms with van der Waals surface area (Å²) in [5.74, 6) is 8.88. The second kappa shape index (κ2) is 6.11. The van der Waals surface area contributed by atoms with Crippen molar-refractivity contribution in [2.24, 2.45) is 17.6 Å². The largest absolute Gasteiger partial charge is 0.290 e. The first-order chi connectivity index (χ1) is 6.52. The third-order valence-electron chi connectivity index (χ3n) is 1.54. The van der Waals surface area contributed by atoms with E-state index in [0.29, 0.717) is 12.3 Å². The Morgan fingerprint density at radius 2 is 1.64 bits per heavy atom. The molecule has 0 bridgehead atoms. The van der Waals surface area contributed by atoms with Crippen molar-refractivity contribution in [1.29, 1.82) is 0 Å². The topological polar surface area (TPSA) is 110 Å². The quantitative estimate of drug-likeness (QED) is 0.116. The lowest BCUT2D eigenvalue weighted by Crippen LogP contribution is -2.40. The molecule has 0 heterocycles. The second-order valence-corrected chi connectivity index (χ2v) is 3.19. The molecule has 0 atom stereocenters. The number of hydrazine groups is 2. The van der Waals surface area contributed by atoms with Crippen LogP contribution < -0.4 is 22.5 Å². The molecule has 0 fully saturated rings. The molecule has 0 unspecified atom stereocenters. The van der Waals surface area contributed by atoms with Crippen molar-refractivity contribution in [2.75, 3.05) is 0 Å². The average molecular weight is 200 g/mol. The van der Waals surface area contributed by atoms with Crippen LogP contribution in [0.4, 0.5) is 0 Å². The van der Waals surface area contributed by atoms with E-state index in [0.717, 1.165) is 0 Å². The predicted octanol–water partition coefficient (Wildman–Crippen LogP) is -1.06. The van der Waals surface area contributed by atoms with Gasteiger partial charge in [-0.25, -0.2) is 11.7 Å². The van der Waals surface area contributed by atoms with Crippen LogP contribution in [-0.2, 0) is 9.59 Å². The number of allylic oxidation sites excluding steroid dienone is 1. The van der Waals surface area contributed by atoms with Crippen molar-refractivity contribution < 1.29 is 9.59 Å². The van der Waals surface area contributed by atoms with E-state index in [1.54, 1.807) is 0 Å². The zero-order chi connectivity index (χ0) is 11.1. The Labute approximate surface area is 82.6 Å². The van der Waals surface area contributed by atoms with E-state index in [1.807, 2.05) is 24.7 Å². The highest BCUT2D eigenvalue weighted by molar-refractivity contribution is 6.18. The van der Waals surface area contributed by atoms with Crippen LogP contribution in [0.25, 0.3) is 0 Å². The first kappa shape index (κ1) is 12.6. The highest BCUT2D eigenvalue weighted by atomic mass is 16.2. The lowest BCUT2D eigenvalue weighted by Gasteiger charge is -2.05. The highest BCUT2D eigenvalue weighted by Gasteiger charge is 2.15. The minimum Gasteiger partial charge on any atom is -0.290 e. The minimum atomic E-state index is -0.645. The van der Waals surface area contributed by atoms with Crippen molar-refractivity contribution >= 4 is 11.8 Å². The summed E-state index contributed by atoms with van der Waals surface area (Å²) in [5.41, 5.74) is 3.69. The SMILES string of the molecule is CC(C)CC=C(C(=O)NN)C(=O)NN. The number of carbonyl (C=O) groups excluding carboxylic acids is 2. The molecule has 6 heteroatoms. The maximum absolute atomic E-state index is 11.1. The third-order valence-corrected chi connectivity index (χ3v) is 1.54. The highest BCUT2D eigenvalue weighted by Crippen LogP contribution is 2.04. The van der Waals surface area contributed by atoms with E-state index in [9.17, 15) is 9.59 Å². The molecular weight excluding hydrogens is 184 g/mol. The van der Waals surface area contributed by atoms with E-state index in [4.69, 9.17) is 11.7 Å². The van der Waals surface area contributed by atoms with Gasteiger partial charge in [-0.3, -0.25) is 20.4 Å². The Hall–Kier alpha value is -1.40. The first-order valence-electron chi connectivity index (χ1n) is 4.25. The van der Waals surface area contributed by atoms with Crippen LogP contribution >= 0.6 is 0 Å². The summed E-state index contributed by atoms with van der Waals surface area (Å²) in [6.45, 7) is 3.93. The first-order valence-corrected chi connectivity index (χ1v) is 4.25. The van der Waals surface area contributed by atoms with Gasteiger partial charge in [0, 0.05) is 0 Å². The van der Waals surface area contributed by atoms with E-state index >= 15 is 0 Å². The maximum atomic E-state index is 11.1. The molecule has 6 nitrogen and oxygen atoms in total. The smallest absolute Gasteiger partial charge is 0.270 e. The van der Waals surface area contributed by atoms with Gasteiger partial charge in [0.25, 0.3) is 11.8 Å². The van der Waals surface area contributed by atoms with Gasteiger partial charge in [0.15, 0.2) is 0 Å². The van der Waals surface area contributed by atoms with E-state index in [1.165, 1.54) is 6.08 Å². The van der Waals surface area contributed by atoms with Crippen LogP contribution in [0.2, 0.25) is 0 Å². The average Bonchev–Trinajstić information content (AvgIpc) is 2.16. The van der Waals surface area contributed by atoms with Crippen molar-refractivity contribution in [3.05, 3.63) is 11.6 Å². The zero-order valence-corrected chi connectivity index (χ0v) is 8.33. The van der Waals surface area contributed by atoms with Crippen LogP contribution in [0, 0.1) is 5.92 Å². The number of nitrogens with one attached hydrogen (secondary N) is 2. The Morgan fingerprint density at radius 3 is 1.93 bits per heavy atom. The molecule has 6 N–H and O–H groups in total. The molecule has 2 amide bonds. The van der Waals surface area contributed by atoms with Gasteiger partial charge in [-0.05, 0) is 12.3 Å². The monoisotopic (exact) mass is 200 g/mol. The third kappa shape index (κ3) is 4.01. The van der Waals surface area contributed by atoms with Crippen LogP contribution in [0.5, 0.6) is 0 Å². The molecule has 0 aliphatic carbocycles. The Balaban J connectivity index is 4.63. The van der Waals surface area contributed by atoms with Crippen molar-refractivity contribution in [2.45, 2.75) is 20.3 Å². The standard InChI is InChI=1S/C8H16N4O2/c1-5(2)3-4-6(7(13)11-9)8(14)12-10/h4-5H,3,9-10H2,1-2H3,(H,11,13)(H,12,14). The second-order valence-electron chi connectivity index (χ2n) is 3.19. The fourth-order valence-corrected chi connectivity index (χ4v) is 0.798. The molecule has 0 rings (SSSR count). The molecule has 0 aliphatic rings. The molecule has 0 saturated carbocycles. The van der Waals surface area contributed by atoms with Gasteiger partial charge in [0.1, 0.15) is 5.57 Å². The Bertz CT molecular complexity index is 230. The molecule has 0 saturated heterocycles. The molecule has 0 aliphatic heterocycles. The van der Waals surface area contributed by atoms with Gasteiger partial charge in [-0.15, -0.1) is 0 Å². The van der Waals surface area contributed by atoms with Crippen LogP contribution in [0.15, 0.2) is 11.6 Å². The van der Waals surface area contributed by atoms with Gasteiger partial charge >= 0.3 is 0 Å².